The van der Waals surface area contributed by atoms with Gasteiger partial charge in [-0.25, -0.2) is 4.68 Å². The van der Waals surface area contributed by atoms with Crippen LogP contribution in [0.2, 0.25) is 0 Å². The van der Waals surface area contributed by atoms with Crippen molar-refractivity contribution in [2.45, 2.75) is 26.8 Å². The zero-order valence-corrected chi connectivity index (χ0v) is 9.71. The molecule has 2 atom stereocenters. The second-order valence-electron chi connectivity index (χ2n) is 4.16. The summed E-state index contributed by atoms with van der Waals surface area (Å²) in [6.07, 6.45) is 0. The molecule has 2 rings (SSSR count). The van der Waals surface area contributed by atoms with Gasteiger partial charge in [-0.05, 0) is 26.0 Å². The van der Waals surface area contributed by atoms with Crippen LogP contribution < -0.4 is 0 Å². The van der Waals surface area contributed by atoms with E-state index >= 15 is 0 Å². The summed E-state index contributed by atoms with van der Waals surface area (Å²) in [5.74, 6) is 0.122. The molecule has 0 spiro atoms. The molecule has 0 fully saturated rings. The van der Waals surface area contributed by atoms with Gasteiger partial charge in [-0.2, -0.15) is 0 Å². The molecule has 1 heterocycles. The number of carbonyl (C=O) groups is 1. The Bertz CT molecular complexity index is 518. The first-order valence-corrected chi connectivity index (χ1v) is 5.41. The summed E-state index contributed by atoms with van der Waals surface area (Å²) in [4.78, 5) is 11.4. The molecule has 0 aliphatic heterocycles. The van der Waals surface area contributed by atoms with Gasteiger partial charge < -0.3 is 0 Å². The van der Waals surface area contributed by atoms with Crippen LogP contribution in [0.4, 0.5) is 0 Å². The monoisotopic (exact) mass is 217 g/mol. The number of hydrogen-bond donors (Lipinski definition) is 0. The summed E-state index contributed by atoms with van der Waals surface area (Å²) in [7, 11) is 0. The van der Waals surface area contributed by atoms with Gasteiger partial charge in [0.2, 0.25) is 0 Å². The van der Waals surface area contributed by atoms with Crippen molar-refractivity contribution in [1.82, 2.24) is 15.0 Å². The summed E-state index contributed by atoms with van der Waals surface area (Å²) in [6, 6.07) is 7.81. The number of fused-ring (bicyclic) bond motifs is 1. The van der Waals surface area contributed by atoms with Gasteiger partial charge in [-0.1, -0.05) is 24.3 Å². The Morgan fingerprint density at radius 1 is 1.31 bits per heavy atom. The summed E-state index contributed by atoms with van der Waals surface area (Å²) < 4.78 is 1.82. The number of carbonyl (C=O) groups excluding carboxylic acids is 1. The molecule has 0 saturated heterocycles. The minimum absolute atomic E-state index is 0.0323. The third kappa shape index (κ3) is 1.71. The summed E-state index contributed by atoms with van der Waals surface area (Å²) >= 11 is 0. The van der Waals surface area contributed by atoms with Gasteiger partial charge in [0, 0.05) is 5.92 Å². The van der Waals surface area contributed by atoms with Crippen molar-refractivity contribution in [3.05, 3.63) is 24.3 Å². The number of ketones is 1. The largest absolute Gasteiger partial charge is 0.300 e. The number of hydrogen-bond acceptors (Lipinski definition) is 3. The van der Waals surface area contributed by atoms with Crippen molar-refractivity contribution in [2.75, 3.05) is 0 Å². The number of Topliss-reactive ketones (excluding diaryl/α,β-unsaturated/α-hetero) is 1. The Morgan fingerprint density at radius 3 is 2.69 bits per heavy atom. The molecule has 2 unspecified atom stereocenters. The fourth-order valence-electron chi connectivity index (χ4n) is 1.74. The van der Waals surface area contributed by atoms with Gasteiger partial charge in [0.15, 0.2) is 0 Å². The second kappa shape index (κ2) is 4.04. The van der Waals surface area contributed by atoms with E-state index in [1.54, 1.807) is 6.92 Å². The molecule has 0 bridgehead atoms. The topological polar surface area (TPSA) is 47.8 Å². The van der Waals surface area contributed by atoms with Crippen LogP contribution in [0, 0.1) is 5.92 Å². The molecule has 0 aliphatic rings. The molecule has 0 amide bonds. The van der Waals surface area contributed by atoms with Crippen molar-refractivity contribution in [1.29, 1.82) is 0 Å². The van der Waals surface area contributed by atoms with E-state index in [2.05, 4.69) is 10.3 Å². The molecule has 0 N–H and O–H groups in total. The number of para-hydroxylation sites is 1. The fraction of sp³-hybridized carbons (Fsp3) is 0.417. The zero-order valence-electron chi connectivity index (χ0n) is 9.71. The second-order valence-corrected chi connectivity index (χ2v) is 4.16. The average molecular weight is 217 g/mol. The smallest absolute Gasteiger partial charge is 0.134 e. The van der Waals surface area contributed by atoms with Gasteiger partial charge in [-0.15, -0.1) is 5.10 Å². The van der Waals surface area contributed by atoms with Crippen LogP contribution in [0.15, 0.2) is 24.3 Å². The van der Waals surface area contributed by atoms with Gasteiger partial charge in [0.05, 0.1) is 11.6 Å². The van der Waals surface area contributed by atoms with Crippen molar-refractivity contribution >= 4 is 16.8 Å². The van der Waals surface area contributed by atoms with Gasteiger partial charge in [-0.3, -0.25) is 4.79 Å². The standard InChI is InChI=1S/C12H15N3O/c1-8(10(3)16)9(2)15-12-7-5-4-6-11(12)13-14-15/h4-9H,1-3H3. The third-order valence-corrected chi connectivity index (χ3v) is 3.13. The Labute approximate surface area is 94.3 Å². The Balaban J connectivity index is 2.44. The van der Waals surface area contributed by atoms with Gasteiger partial charge >= 0.3 is 0 Å². The molecule has 0 aliphatic carbocycles. The first kappa shape index (κ1) is 10.8. The van der Waals surface area contributed by atoms with E-state index in [-0.39, 0.29) is 17.7 Å². The lowest BCUT2D eigenvalue weighted by atomic mass is 10.00. The lowest BCUT2D eigenvalue weighted by molar-refractivity contribution is -0.121. The van der Waals surface area contributed by atoms with Crippen LogP contribution in [0.5, 0.6) is 0 Å². The highest BCUT2D eigenvalue weighted by molar-refractivity contribution is 5.79. The lowest BCUT2D eigenvalue weighted by Gasteiger charge is -2.17. The predicted molar refractivity (Wildman–Crippen MR) is 62.1 cm³/mol. The molecular formula is C12H15N3O. The van der Waals surface area contributed by atoms with E-state index in [1.165, 1.54) is 0 Å². The first-order chi connectivity index (χ1) is 7.61. The van der Waals surface area contributed by atoms with E-state index in [0.29, 0.717) is 0 Å². The Morgan fingerprint density at radius 2 is 2.00 bits per heavy atom. The minimum Gasteiger partial charge on any atom is -0.300 e. The highest BCUT2D eigenvalue weighted by Gasteiger charge is 2.20. The number of benzene rings is 1. The van der Waals surface area contributed by atoms with Crippen molar-refractivity contribution in [3.8, 4) is 0 Å². The maximum Gasteiger partial charge on any atom is 0.134 e. The highest BCUT2D eigenvalue weighted by atomic mass is 16.1. The summed E-state index contributed by atoms with van der Waals surface area (Å²) in [5, 5.41) is 8.20. The molecule has 1 aromatic carbocycles. The van der Waals surface area contributed by atoms with E-state index in [0.717, 1.165) is 11.0 Å². The summed E-state index contributed by atoms with van der Waals surface area (Å²) in [5.41, 5.74) is 1.84. The molecule has 84 valence electrons. The average Bonchev–Trinajstić information content (AvgIpc) is 2.70. The quantitative estimate of drug-likeness (QED) is 0.792. The SMILES string of the molecule is CC(=O)C(C)C(C)n1nnc2ccccc21. The zero-order chi connectivity index (χ0) is 11.7. The Kier molecular flexibility index (Phi) is 2.73. The van der Waals surface area contributed by atoms with E-state index in [4.69, 9.17) is 0 Å². The molecule has 0 saturated carbocycles. The fourth-order valence-corrected chi connectivity index (χ4v) is 1.74. The Hall–Kier alpha value is -1.71. The van der Waals surface area contributed by atoms with E-state index in [9.17, 15) is 4.79 Å². The van der Waals surface area contributed by atoms with Crippen LogP contribution in [0.3, 0.4) is 0 Å². The van der Waals surface area contributed by atoms with E-state index < -0.39 is 0 Å². The maximum absolute atomic E-state index is 11.4. The molecular weight excluding hydrogens is 202 g/mol. The lowest BCUT2D eigenvalue weighted by Crippen LogP contribution is -2.20. The summed E-state index contributed by atoms with van der Waals surface area (Å²) in [6.45, 7) is 5.52. The predicted octanol–water partition coefficient (Wildman–Crippen LogP) is 2.22. The normalized spacial score (nSPS) is 14.9. The van der Waals surface area contributed by atoms with Crippen LogP contribution in [-0.4, -0.2) is 20.8 Å². The molecule has 4 heteroatoms. The first-order valence-electron chi connectivity index (χ1n) is 5.41. The molecule has 4 nitrogen and oxygen atoms in total. The van der Waals surface area contributed by atoms with Crippen molar-refractivity contribution in [2.24, 2.45) is 5.92 Å². The van der Waals surface area contributed by atoms with Crippen LogP contribution in [0.25, 0.3) is 11.0 Å². The maximum atomic E-state index is 11.4. The molecule has 2 aromatic rings. The van der Waals surface area contributed by atoms with Crippen LogP contribution in [0.1, 0.15) is 26.8 Å². The molecule has 16 heavy (non-hydrogen) atoms. The van der Waals surface area contributed by atoms with Crippen LogP contribution in [-0.2, 0) is 4.79 Å². The van der Waals surface area contributed by atoms with Gasteiger partial charge in [0.1, 0.15) is 11.3 Å². The number of rotatable bonds is 3. The molecule has 1 aromatic heterocycles. The van der Waals surface area contributed by atoms with Crippen molar-refractivity contribution < 1.29 is 4.79 Å². The third-order valence-electron chi connectivity index (χ3n) is 3.13. The minimum atomic E-state index is -0.0508. The van der Waals surface area contributed by atoms with Crippen molar-refractivity contribution in [3.63, 3.8) is 0 Å². The number of aromatic nitrogens is 3. The van der Waals surface area contributed by atoms with E-state index in [1.807, 2.05) is 42.8 Å². The molecule has 0 radical (unpaired) electrons. The highest BCUT2D eigenvalue weighted by Crippen LogP contribution is 2.21. The van der Waals surface area contributed by atoms with Gasteiger partial charge in [0.25, 0.3) is 0 Å². The number of nitrogens with zero attached hydrogens (tertiary/aromatic N) is 3. The van der Waals surface area contributed by atoms with Crippen LogP contribution >= 0.6 is 0 Å².